The largest absolute Gasteiger partial charge is 0.376 e. The van der Waals surface area contributed by atoms with Crippen LogP contribution in [0.4, 0.5) is 14.5 Å². The third-order valence-electron chi connectivity index (χ3n) is 9.01. The lowest BCUT2D eigenvalue weighted by molar-refractivity contribution is -0.119. The van der Waals surface area contributed by atoms with Crippen molar-refractivity contribution in [3.8, 4) is 0 Å². The molecule has 13 heteroatoms. The fourth-order valence-electron chi connectivity index (χ4n) is 7.00. The van der Waals surface area contributed by atoms with Crippen LogP contribution >= 0.6 is 11.6 Å². The topological polar surface area (TPSA) is 127 Å². The van der Waals surface area contributed by atoms with Gasteiger partial charge < -0.3 is 21.1 Å². The first kappa shape index (κ1) is 32.2. The van der Waals surface area contributed by atoms with Crippen LogP contribution in [0, 0.1) is 17.6 Å². The van der Waals surface area contributed by atoms with Gasteiger partial charge in [0.1, 0.15) is 11.6 Å². The van der Waals surface area contributed by atoms with Gasteiger partial charge in [-0.2, -0.15) is 4.31 Å². The van der Waals surface area contributed by atoms with Gasteiger partial charge in [0, 0.05) is 36.7 Å². The number of rotatable bonds is 8. The van der Waals surface area contributed by atoms with Crippen LogP contribution in [0.5, 0.6) is 0 Å². The zero-order valence-corrected chi connectivity index (χ0v) is 26.0. The van der Waals surface area contributed by atoms with Gasteiger partial charge >= 0.3 is 0 Å². The molecule has 3 aliphatic heterocycles. The standard InChI is InChI=1S/C30H40ClF2N5O4S/c1-17-10-20(11-18(2)42-17)28(19-5-8-24(31)25(32)12-19)29(34)30(39)37-27-15-35-14-26(33)23(27)7-6-22-13-36-21-4-3-9-43(40,41)38(22)16-21/h5,8,12,14-15,17-18,20-22,28-29,36H,3-4,6-7,9-11,13,16,34H2,1-2H3,(H,37,39). The van der Waals surface area contributed by atoms with Crippen molar-refractivity contribution in [2.45, 2.75) is 88.6 Å². The van der Waals surface area contributed by atoms with Crippen LogP contribution in [0.3, 0.4) is 0 Å². The van der Waals surface area contributed by atoms with Crippen molar-refractivity contribution in [1.82, 2.24) is 14.6 Å². The first-order valence-corrected chi connectivity index (χ1v) is 16.9. The van der Waals surface area contributed by atoms with Crippen molar-refractivity contribution in [2.24, 2.45) is 11.7 Å². The van der Waals surface area contributed by atoms with E-state index in [2.05, 4.69) is 15.6 Å². The monoisotopic (exact) mass is 639 g/mol. The second kappa shape index (κ2) is 13.4. The number of hydrogen-bond donors (Lipinski definition) is 3. The van der Waals surface area contributed by atoms with Crippen LogP contribution in [0.1, 0.15) is 63.0 Å². The number of aromatic nitrogens is 1. The summed E-state index contributed by atoms with van der Waals surface area (Å²) >= 11 is 5.95. The van der Waals surface area contributed by atoms with Gasteiger partial charge in [0.25, 0.3) is 0 Å². The smallest absolute Gasteiger partial charge is 0.241 e. The number of piperazine rings is 1. The molecule has 3 saturated heterocycles. The number of hydrogen-bond acceptors (Lipinski definition) is 7. The Balaban J connectivity index is 1.36. The lowest BCUT2D eigenvalue weighted by Gasteiger charge is -2.39. The fourth-order valence-corrected chi connectivity index (χ4v) is 8.93. The summed E-state index contributed by atoms with van der Waals surface area (Å²) in [4.78, 5) is 17.6. The summed E-state index contributed by atoms with van der Waals surface area (Å²) in [5, 5.41) is 6.18. The van der Waals surface area contributed by atoms with Gasteiger partial charge in [0.15, 0.2) is 0 Å². The van der Waals surface area contributed by atoms with E-state index in [1.807, 2.05) is 13.8 Å². The number of nitrogens with zero attached hydrogens (tertiary/aromatic N) is 2. The van der Waals surface area contributed by atoms with Crippen LogP contribution in [-0.4, -0.2) is 72.8 Å². The van der Waals surface area contributed by atoms with Crippen molar-refractivity contribution in [3.05, 3.63) is 58.4 Å². The van der Waals surface area contributed by atoms with E-state index >= 15 is 4.39 Å². The molecule has 9 nitrogen and oxygen atoms in total. The number of anilines is 1. The molecule has 7 atom stereocenters. The number of halogens is 3. The molecule has 236 valence electrons. The minimum atomic E-state index is -3.40. The number of amides is 1. The maximum Gasteiger partial charge on any atom is 0.241 e. The lowest BCUT2D eigenvalue weighted by Crippen LogP contribution is -2.57. The first-order valence-electron chi connectivity index (χ1n) is 14.9. The summed E-state index contributed by atoms with van der Waals surface area (Å²) in [6, 6.07) is 3.15. The van der Waals surface area contributed by atoms with Crippen LogP contribution < -0.4 is 16.4 Å². The van der Waals surface area contributed by atoms with Crippen molar-refractivity contribution in [2.75, 3.05) is 24.2 Å². The minimum absolute atomic E-state index is 0.0265. The summed E-state index contributed by atoms with van der Waals surface area (Å²) in [5.41, 5.74) is 7.58. The Morgan fingerprint density at radius 3 is 2.70 bits per heavy atom. The molecule has 7 unspecified atom stereocenters. The van der Waals surface area contributed by atoms with E-state index in [0.29, 0.717) is 44.3 Å². The highest BCUT2D eigenvalue weighted by molar-refractivity contribution is 7.89. The minimum Gasteiger partial charge on any atom is -0.376 e. The summed E-state index contributed by atoms with van der Waals surface area (Å²) in [7, 11) is -3.40. The SMILES string of the molecule is CC1CC(C(c2ccc(Cl)c(F)c2)C(N)C(=O)Nc2cncc(F)c2CCC2CNC3CCCS(=O)(=O)N2C3)CC(C)O1. The molecule has 4 N–H and O–H groups in total. The van der Waals surface area contributed by atoms with E-state index < -0.39 is 39.5 Å². The second-order valence-electron chi connectivity index (χ2n) is 12.2. The molecular formula is C30H40ClF2N5O4S. The fraction of sp³-hybridized carbons (Fsp3) is 0.600. The summed E-state index contributed by atoms with van der Waals surface area (Å²) in [5.74, 6) is -2.29. The van der Waals surface area contributed by atoms with Crippen LogP contribution in [0.2, 0.25) is 5.02 Å². The number of carbonyl (C=O) groups excluding carboxylic acids is 1. The highest BCUT2D eigenvalue weighted by atomic mass is 35.5. The average Bonchev–Trinajstić information content (AvgIpc) is 3.06. The molecule has 0 aliphatic carbocycles. The van der Waals surface area contributed by atoms with E-state index in [-0.39, 0.29) is 58.7 Å². The van der Waals surface area contributed by atoms with E-state index in [1.165, 1.54) is 18.3 Å². The van der Waals surface area contributed by atoms with Gasteiger partial charge in [-0.15, -0.1) is 0 Å². The van der Waals surface area contributed by atoms with Crippen molar-refractivity contribution < 1.29 is 26.7 Å². The molecule has 2 aromatic rings. The molecule has 4 heterocycles. The first-order chi connectivity index (χ1) is 20.4. The zero-order valence-electron chi connectivity index (χ0n) is 24.4. The predicted octanol–water partition coefficient (Wildman–Crippen LogP) is 3.97. The Morgan fingerprint density at radius 2 is 1.98 bits per heavy atom. The maximum absolute atomic E-state index is 15.1. The van der Waals surface area contributed by atoms with Crippen LogP contribution in [0.25, 0.3) is 0 Å². The van der Waals surface area contributed by atoms with Crippen LogP contribution in [0.15, 0.2) is 30.6 Å². The third kappa shape index (κ3) is 7.37. The summed E-state index contributed by atoms with van der Waals surface area (Å²) < 4.78 is 62.9. The lowest BCUT2D eigenvalue weighted by atomic mass is 9.74. The third-order valence-corrected chi connectivity index (χ3v) is 11.3. The normalized spacial score (nSPS) is 30.2. The Bertz CT molecular complexity index is 1420. The number of nitrogens with one attached hydrogen (secondary N) is 2. The summed E-state index contributed by atoms with van der Waals surface area (Å²) in [6.45, 7) is 4.79. The average molecular weight is 640 g/mol. The second-order valence-corrected chi connectivity index (χ2v) is 14.6. The van der Waals surface area contributed by atoms with Gasteiger partial charge in [-0.1, -0.05) is 17.7 Å². The molecule has 3 aliphatic rings. The highest BCUT2D eigenvalue weighted by Gasteiger charge is 2.39. The van der Waals surface area contributed by atoms with E-state index in [0.717, 1.165) is 12.6 Å². The van der Waals surface area contributed by atoms with E-state index in [1.54, 1.807) is 10.4 Å². The number of fused-ring (bicyclic) bond motifs is 2. The van der Waals surface area contributed by atoms with Gasteiger partial charge in [-0.3, -0.25) is 9.78 Å². The molecule has 0 spiro atoms. The molecule has 0 radical (unpaired) electrons. The zero-order chi connectivity index (χ0) is 30.9. The van der Waals surface area contributed by atoms with Gasteiger partial charge in [-0.05, 0) is 76.0 Å². The molecule has 3 fully saturated rings. The van der Waals surface area contributed by atoms with Gasteiger partial charge in [0.05, 0.1) is 47.1 Å². The van der Waals surface area contributed by atoms with Gasteiger partial charge in [0.2, 0.25) is 15.9 Å². The van der Waals surface area contributed by atoms with Crippen molar-refractivity contribution in [1.29, 1.82) is 0 Å². The van der Waals surface area contributed by atoms with Gasteiger partial charge in [-0.25, -0.2) is 17.2 Å². The number of carbonyl (C=O) groups is 1. The maximum atomic E-state index is 15.1. The van der Waals surface area contributed by atoms with Crippen molar-refractivity contribution >= 4 is 33.2 Å². The molecule has 5 rings (SSSR count). The quantitative estimate of drug-likeness (QED) is 0.399. The Hall–Kier alpha value is -2.22. The van der Waals surface area contributed by atoms with E-state index in [9.17, 15) is 17.6 Å². The Labute approximate surface area is 256 Å². The molecule has 1 amide bonds. The number of benzene rings is 1. The number of nitrogens with two attached hydrogens (primary N) is 1. The Morgan fingerprint density at radius 1 is 1.23 bits per heavy atom. The molecule has 2 bridgehead atoms. The van der Waals surface area contributed by atoms with Crippen LogP contribution in [-0.2, 0) is 26.0 Å². The van der Waals surface area contributed by atoms with E-state index in [4.69, 9.17) is 22.1 Å². The molecular weight excluding hydrogens is 600 g/mol. The number of sulfonamides is 1. The predicted molar refractivity (Wildman–Crippen MR) is 161 cm³/mol. The number of ether oxygens (including phenoxy) is 1. The summed E-state index contributed by atoms with van der Waals surface area (Å²) in [6.07, 6.45) is 5.51. The van der Waals surface area contributed by atoms with Crippen molar-refractivity contribution in [3.63, 3.8) is 0 Å². The highest BCUT2D eigenvalue weighted by Crippen LogP contribution is 2.39. The molecule has 0 saturated carbocycles. The Kier molecular flexibility index (Phi) is 10.0. The number of pyridine rings is 1. The molecule has 1 aromatic carbocycles. The molecule has 43 heavy (non-hydrogen) atoms. The molecule has 1 aromatic heterocycles.